The van der Waals surface area contributed by atoms with Gasteiger partial charge in [-0.05, 0) is 35.9 Å². The highest BCUT2D eigenvalue weighted by Crippen LogP contribution is 2.32. The van der Waals surface area contributed by atoms with E-state index in [1.165, 1.54) is 6.92 Å². The molecule has 4 heteroatoms. The molecule has 3 nitrogen and oxygen atoms in total. The first-order chi connectivity index (χ1) is 8.56. The largest absolute Gasteiger partial charge is 0.426 e. The highest BCUT2D eigenvalue weighted by Gasteiger charge is 2.09. The molecule has 0 heterocycles. The fourth-order valence-electron chi connectivity index (χ4n) is 1.65. The molecule has 0 aliphatic carbocycles. The second-order valence-corrected chi connectivity index (χ2v) is 4.77. The van der Waals surface area contributed by atoms with Gasteiger partial charge in [0.1, 0.15) is 5.75 Å². The average Bonchev–Trinajstić information content (AvgIpc) is 2.32. The number of hydrogen-bond acceptors (Lipinski definition) is 3. The summed E-state index contributed by atoms with van der Waals surface area (Å²) in [5.41, 5.74) is 8.15. The summed E-state index contributed by atoms with van der Waals surface area (Å²) in [7, 11) is 0. The molecule has 0 spiro atoms. The van der Waals surface area contributed by atoms with Crippen molar-refractivity contribution in [1.82, 2.24) is 0 Å². The van der Waals surface area contributed by atoms with Crippen LogP contribution >= 0.6 is 15.9 Å². The van der Waals surface area contributed by atoms with Crippen LogP contribution in [0.1, 0.15) is 6.92 Å². The Morgan fingerprint density at radius 3 is 2.44 bits per heavy atom. The van der Waals surface area contributed by atoms with Crippen LogP contribution in [0.5, 0.6) is 5.75 Å². The first-order valence-corrected chi connectivity index (χ1v) is 6.19. The van der Waals surface area contributed by atoms with Gasteiger partial charge in [0.15, 0.2) is 0 Å². The Hall–Kier alpha value is -1.81. The van der Waals surface area contributed by atoms with Crippen LogP contribution < -0.4 is 10.5 Å². The monoisotopic (exact) mass is 305 g/mol. The van der Waals surface area contributed by atoms with Gasteiger partial charge in [0, 0.05) is 22.6 Å². The third kappa shape index (κ3) is 2.90. The highest BCUT2D eigenvalue weighted by atomic mass is 79.9. The lowest BCUT2D eigenvalue weighted by atomic mass is 10.0. The number of carbonyl (C=O) groups is 1. The predicted octanol–water partition coefficient (Wildman–Crippen LogP) is 3.62. The van der Waals surface area contributed by atoms with Gasteiger partial charge in [0.05, 0.1) is 0 Å². The van der Waals surface area contributed by atoms with Gasteiger partial charge in [-0.3, -0.25) is 4.79 Å². The van der Waals surface area contributed by atoms with Gasteiger partial charge in [-0.15, -0.1) is 0 Å². The molecule has 2 N–H and O–H groups in total. The van der Waals surface area contributed by atoms with Crippen molar-refractivity contribution >= 4 is 27.6 Å². The van der Waals surface area contributed by atoms with E-state index in [0.717, 1.165) is 15.6 Å². The van der Waals surface area contributed by atoms with Gasteiger partial charge in [-0.2, -0.15) is 0 Å². The summed E-state index contributed by atoms with van der Waals surface area (Å²) in [4.78, 5) is 11.1. The second-order valence-electron chi connectivity index (χ2n) is 3.86. The Labute approximate surface area is 114 Å². The molecule has 0 aliphatic rings. The molecule has 18 heavy (non-hydrogen) atoms. The number of anilines is 1. The maximum atomic E-state index is 11.1. The zero-order chi connectivity index (χ0) is 13.1. The minimum Gasteiger partial charge on any atom is -0.426 e. The molecule has 0 unspecified atom stereocenters. The predicted molar refractivity (Wildman–Crippen MR) is 75.3 cm³/mol. The van der Waals surface area contributed by atoms with Gasteiger partial charge < -0.3 is 10.5 Å². The number of nitrogens with two attached hydrogens (primary N) is 1. The Morgan fingerprint density at radius 2 is 1.83 bits per heavy atom. The molecule has 92 valence electrons. The lowest BCUT2D eigenvalue weighted by molar-refractivity contribution is -0.131. The summed E-state index contributed by atoms with van der Waals surface area (Å²) in [5.74, 6) is 0.164. The van der Waals surface area contributed by atoms with E-state index in [-0.39, 0.29) is 5.97 Å². The van der Waals surface area contributed by atoms with E-state index in [0.29, 0.717) is 11.4 Å². The first kappa shape index (κ1) is 12.6. The molecule has 0 fully saturated rings. The Bertz CT molecular complexity index is 579. The first-order valence-electron chi connectivity index (χ1n) is 5.40. The Kier molecular flexibility index (Phi) is 3.67. The molecule has 0 saturated carbocycles. The summed E-state index contributed by atoms with van der Waals surface area (Å²) in [6, 6.07) is 12.9. The zero-order valence-electron chi connectivity index (χ0n) is 9.81. The number of halogens is 1. The lowest BCUT2D eigenvalue weighted by Crippen LogP contribution is -2.03. The molecule has 0 saturated heterocycles. The molecule has 0 aliphatic heterocycles. The molecule has 0 bridgehead atoms. The van der Waals surface area contributed by atoms with Crippen molar-refractivity contribution in [3.8, 4) is 16.9 Å². The minimum atomic E-state index is -0.349. The summed E-state index contributed by atoms with van der Waals surface area (Å²) < 4.78 is 6.17. The maximum absolute atomic E-state index is 11.1. The smallest absolute Gasteiger partial charge is 0.308 e. The van der Waals surface area contributed by atoms with Crippen molar-refractivity contribution in [2.75, 3.05) is 5.73 Å². The number of carbonyl (C=O) groups excluding carboxylic acids is 1. The zero-order valence-corrected chi connectivity index (χ0v) is 11.4. The molecule has 2 rings (SSSR count). The summed E-state index contributed by atoms with van der Waals surface area (Å²) in [5, 5.41) is 0. The van der Waals surface area contributed by atoms with Crippen LogP contribution in [0.4, 0.5) is 5.69 Å². The van der Waals surface area contributed by atoms with E-state index < -0.39 is 0 Å². The summed E-state index contributed by atoms with van der Waals surface area (Å²) in [6.45, 7) is 1.38. The van der Waals surface area contributed by atoms with Crippen LogP contribution in [0.25, 0.3) is 11.1 Å². The van der Waals surface area contributed by atoms with Crippen LogP contribution in [-0.2, 0) is 4.79 Å². The average molecular weight is 306 g/mol. The van der Waals surface area contributed by atoms with Crippen molar-refractivity contribution < 1.29 is 9.53 Å². The Morgan fingerprint density at radius 1 is 1.17 bits per heavy atom. The van der Waals surface area contributed by atoms with E-state index >= 15 is 0 Å². The van der Waals surface area contributed by atoms with Crippen LogP contribution in [0, 0.1) is 0 Å². The topological polar surface area (TPSA) is 52.3 Å². The molecule has 0 aromatic heterocycles. The number of rotatable bonds is 2. The number of ether oxygens (including phenoxy) is 1. The number of esters is 1. The van der Waals surface area contributed by atoms with Crippen molar-refractivity contribution in [2.45, 2.75) is 6.92 Å². The van der Waals surface area contributed by atoms with Gasteiger partial charge in [-0.1, -0.05) is 28.1 Å². The van der Waals surface area contributed by atoms with E-state index in [2.05, 4.69) is 15.9 Å². The van der Waals surface area contributed by atoms with Gasteiger partial charge >= 0.3 is 5.97 Å². The van der Waals surface area contributed by atoms with Crippen molar-refractivity contribution in [3.63, 3.8) is 0 Å². The quantitative estimate of drug-likeness (QED) is 0.524. The normalized spacial score (nSPS) is 10.1. The fourth-order valence-corrected chi connectivity index (χ4v) is 1.91. The minimum absolute atomic E-state index is 0.349. The van der Waals surface area contributed by atoms with E-state index in [9.17, 15) is 4.79 Å². The molecule has 0 radical (unpaired) electrons. The van der Waals surface area contributed by atoms with E-state index in [4.69, 9.17) is 10.5 Å². The molecule has 2 aromatic carbocycles. The number of benzene rings is 2. The number of hydrogen-bond donors (Lipinski definition) is 1. The third-order valence-electron chi connectivity index (χ3n) is 2.41. The van der Waals surface area contributed by atoms with Gasteiger partial charge in [0.2, 0.25) is 0 Å². The summed E-state index contributed by atoms with van der Waals surface area (Å²) >= 11 is 3.38. The van der Waals surface area contributed by atoms with Gasteiger partial charge in [0.25, 0.3) is 0 Å². The molecule has 0 atom stereocenters. The van der Waals surface area contributed by atoms with Crippen molar-refractivity contribution in [1.29, 1.82) is 0 Å². The summed E-state index contributed by atoms with van der Waals surface area (Å²) in [6.07, 6.45) is 0. The highest BCUT2D eigenvalue weighted by molar-refractivity contribution is 9.10. The van der Waals surface area contributed by atoms with Crippen LogP contribution in [0.15, 0.2) is 46.9 Å². The van der Waals surface area contributed by atoms with E-state index in [1.54, 1.807) is 18.2 Å². The maximum Gasteiger partial charge on any atom is 0.308 e. The van der Waals surface area contributed by atoms with Crippen molar-refractivity contribution in [2.24, 2.45) is 0 Å². The van der Waals surface area contributed by atoms with Crippen molar-refractivity contribution in [3.05, 3.63) is 46.9 Å². The molecule has 2 aromatic rings. The van der Waals surface area contributed by atoms with Crippen LogP contribution in [-0.4, -0.2) is 5.97 Å². The number of nitrogen functional groups attached to an aromatic ring is 1. The Balaban J connectivity index is 2.50. The standard InChI is InChI=1S/C14H12BrNO2/c1-9(17)18-14-7-6-12(16)8-13(14)10-2-4-11(15)5-3-10/h2-8H,16H2,1H3. The fraction of sp³-hybridized carbons (Fsp3) is 0.0714. The van der Waals surface area contributed by atoms with Crippen LogP contribution in [0.3, 0.4) is 0 Å². The van der Waals surface area contributed by atoms with Crippen LogP contribution in [0.2, 0.25) is 0 Å². The van der Waals surface area contributed by atoms with E-state index in [1.807, 2.05) is 24.3 Å². The SMILES string of the molecule is CC(=O)Oc1ccc(N)cc1-c1ccc(Br)cc1. The third-order valence-corrected chi connectivity index (χ3v) is 2.94. The molecule has 0 amide bonds. The molecular formula is C14H12BrNO2. The van der Waals surface area contributed by atoms with Gasteiger partial charge in [-0.25, -0.2) is 0 Å². The lowest BCUT2D eigenvalue weighted by Gasteiger charge is -2.10. The second kappa shape index (κ2) is 5.23. The molecular weight excluding hydrogens is 294 g/mol.